The summed E-state index contributed by atoms with van der Waals surface area (Å²) >= 11 is 1.43. The molecule has 40 heavy (non-hydrogen) atoms. The summed E-state index contributed by atoms with van der Waals surface area (Å²) in [6, 6.07) is 23.0. The van der Waals surface area contributed by atoms with E-state index >= 15 is 0 Å². The smallest absolute Gasteiger partial charge is 0.265 e. The molecule has 0 bridgehead atoms. The Morgan fingerprint density at radius 3 is 2.45 bits per heavy atom. The van der Waals surface area contributed by atoms with Crippen LogP contribution in [-0.4, -0.2) is 63.9 Å². The second-order valence-electron chi connectivity index (χ2n) is 9.69. The van der Waals surface area contributed by atoms with Crippen molar-refractivity contribution in [3.63, 3.8) is 0 Å². The van der Waals surface area contributed by atoms with Crippen molar-refractivity contribution in [3.05, 3.63) is 94.5 Å². The van der Waals surface area contributed by atoms with Gasteiger partial charge >= 0.3 is 0 Å². The SMILES string of the molecule is CC(=O)N1CCN(C(=O)c2ccc(/C=C/c3n[nH]c4ccccc34)c(NC(=O)c3cc4ccccc4s3)c2)CC1. The normalized spacial score (nSPS) is 13.8. The number of benzene rings is 3. The molecule has 3 aromatic carbocycles. The first-order valence-corrected chi connectivity index (χ1v) is 13.9. The summed E-state index contributed by atoms with van der Waals surface area (Å²) in [4.78, 5) is 42.5. The van der Waals surface area contributed by atoms with Crippen LogP contribution in [0.4, 0.5) is 5.69 Å². The van der Waals surface area contributed by atoms with Gasteiger partial charge in [0.1, 0.15) is 0 Å². The maximum atomic E-state index is 13.4. The lowest BCUT2D eigenvalue weighted by Gasteiger charge is -2.34. The van der Waals surface area contributed by atoms with Crippen LogP contribution in [-0.2, 0) is 4.79 Å². The number of para-hydroxylation sites is 1. The van der Waals surface area contributed by atoms with Crippen molar-refractivity contribution >= 4 is 67.9 Å². The summed E-state index contributed by atoms with van der Waals surface area (Å²) in [5.74, 6) is -0.353. The lowest BCUT2D eigenvalue weighted by molar-refractivity contribution is -0.130. The number of aromatic amines is 1. The summed E-state index contributed by atoms with van der Waals surface area (Å²) in [5, 5.41) is 12.5. The average molecular weight is 550 g/mol. The fraction of sp³-hybridized carbons (Fsp3) is 0.161. The number of nitrogens with one attached hydrogen (secondary N) is 2. The Labute approximate surface area is 234 Å². The number of anilines is 1. The van der Waals surface area contributed by atoms with Crippen molar-refractivity contribution in [1.82, 2.24) is 20.0 Å². The minimum absolute atomic E-state index is 0.0131. The Kier molecular flexibility index (Phi) is 6.88. The number of carbonyl (C=O) groups is 3. The quantitative estimate of drug-likeness (QED) is 0.302. The molecule has 0 saturated carbocycles. The number of thiophene rings is 1. The third kappa shape index (κ3) is 5.11. The van der Waals surface area contributed by atoms with E-state index in [1.165, 1.54) is 11.3 Å². The molecule has 2 N–H and O–H groups in total. The third-order valence-electron chi connectivity index (χ3n) is 7.13. The maximum absolute atomic E-state index is 13.4. The van der Waals surface area contributed by atoms with E-state index in [4.69, 9.17) is 0 Å². The van der Waals surface area contributed by atoms with Gasteiger partial charge < -0.3 is 15.1 Å². The molecule has 1 aliphatic rings. The van der Waals surface area contributed by atoms with Gasteiger partial charge in [0.05, 0.1) is 16.1 Å². The molecule has 6 rings (SSSR count). The number of fused-ring (bicyclic) bond motifs is 2. The van der Waals surface area contributed by atoms with Crippen molar-refractivity contribution in [2.24, 2.45) is 0 Å². The number of H-pyrrole nitrogens is 1. The third-order valence-corrected chi connectivity index (χ3v) is 8.25. The van der Waals surface area contributed by atoms with Gasteiger partial charge in [-0.3, -0.25) is 19.5 Å². The number of nitrogens with zero attached hydrogens (tertiary/aromatic N) is 3. The zero-order chi connectivity index (χ0) is 27.6. The highest BCUT2D eigenvalue weighted by Gasteiger charge is 2.24. The van der Waals surface area contributed by atoms with E-state index in [1.807, 2.05) is 72.8 Å². The Morgan fingerprint density at radius 1 is 0.900 bits per heavy atom. The Morgan fingerprint density at radius 2 is 1.65 bits per heavy atom. The first-order chi connectivity index (χ1) is 19.5. The maximum Gasteiger partial charge on any atom is 0.265 e. The van der Waals surface area contributed by atoms with Gasteiger partial charge in [-0.1, -0.05) is 48.5 Å². The molecule has 2 aromatic heterocycles. The van der Waals surface area contributed by atoms with E-state index < -0.39 is 0 Å². The van der Waals surface area contributed by atoms with E-state index in [0.717, 1.165) is 32.2 Å². The molecule has 0 spiro atoms. The van der Waals surface area contributed by atoms with E-state index in [-0.39, 0.29) is 17.7 Å². The van der Waals surface area contributed by atoms with Crippen LogP contribution in [0.15, 0.2) is 72.8 Å². The summed E-state index contributed by atoms with van der Waals surface area (Å²) in [6.07, 6.45) is 3.79. The number of hydrogen-bond donors (Lipinski definition) is 2. The van der Waals surface area contributed by atoms with Gasteiger partial charge in [0.2, 0.25) is 5.91 Å². The highest BCUT2D eigenvalue weighted by atomic mass is 32.1. The van der Waals surface area contributed by atoms with Crippen molar-refractivity contribution in [1.29, 1.82) is 0 Å². The van der Waals surface area contributed by atoms with Gasteiger partial charge in [-0.15, -0.1) is 11.3 Å². The molecule has 1 aliphatic heterocycles. The molecule has 0 radical (unpaired) electrons. The first kappa shape index (κ1) is 25.5. The molecule has 0 aliphatic carbocycles. The molecule has 8 nitrogen and oxygen atoms in total. The fourth-order valence-corrected chi connectivity index (χ4v) is 5.87. The zero-order valence-electron chi connectivity index (χ0n) is 21.9. The topological polar surface area (TPSA) is 98.4 Å². The number of amides is 3. The van der Waals surface area contributed by atoms with Crippen LogP contribution in [0.2, 0.25) is 0 Å². The molecular formula is C31H27N5O3S. The van der Waals surface area contributed by atoms with Crippen LogP contribution in [0.3, 0.4) is 0 Å². The van der Waals surface area contributed by atoms with Crippen LogP contribution in [0.25, 0.3) is 33.1 Å². The molecule has 3 heterocycles. The van der Waals surface area contributed by atoms with Gasteiger partial charge in [-0.2, -0.15) is 5.10 Å². The van der Waals surface area contributed by atoms with E-state index in [1.54, 1.807) is 28.9 Å². The lowest BCUT2D eigenvalue weighted by atomic mass is 10.1. The largest absolute Gasteiger partial charge is 0.339 e. The molecule has 1 fully saturated rings. The fourth-order valence-electron chi connectivity index (χ4n) is 4.91. The molecule has 5 aromatic rings. The highest BCUT2D eigenvalue weighted by molar-refractivity contribution is 7.20. The number of piperazine rings is 1. The number of rotatable bonds is 5. The number of aromatic nitrogens is 2. The van der Waals surface area contributed by atoms with Crippen LogP contribution in [0, 0.1) is 0 Å². The summed E-state index contributed by atoms with van der Waals surface area (Å²) < 4.78 is 1.03. The Balaban J connectivity index is 1.31. The van der Waals surface area contributed by atoms with Crippen molar-refractivity contribution in [2.45, 2.75) is 6.92 Å². The molecule has 0 atom stereocenters. The highest BCUT2D eigenvalue weighted by Crippen LogP contribution is 2.28. The van der Waals surface area contributed by atoms with Gasteiger partial charge in [-0.05, 0) is 47.4 Å². The summed E-state index contributed by atoms with van der Waals surface area (Å²) in [5.41, 5.74) is 3.48. The number of carbonyl (C=O) groups excluding carboxylic acids is 3. The van der Waals surface area contributed by atoms with Gasteiger partial charge in [0.15, 0.2) is 0 Å². The van der Waals surface area contributed by atoms with Crippen LogP contribution >= 0.6 is 11.3 Å². The van der Waals surface area contributed by atoms with Gasteiger partial charge in [-0.25, -0.2) is 0 Å². The summed E-state index contributed by atoms with van der Waals surface area (Å²) in [7, 11) is 0. The predicted octanol–water partition coefficient (Wildman–Crippen LogP) is 5.50. The van der Waals surface area contributed by atoms with Crippen molar-refractivity contribution in [3.8, 4) is 0 Å². The monoisotopic (exact) mass is 549 g/mol. The second-order valence-corrected chi connectivity index (χ2v) is 10.8. The van der Waals surface area contributed by atoms with Crippen LogP contribution in [0.1, 0.15) is 38.2 Å². The Hall–Kier alpha value is -4.76. The predicted molar refractivity (Wildman–Crippen MR) is 159 cm³/mol. The number of hydrogen-bond acceptors (Lipinski definition) is 5. The first-order valence-electron chi connectivity index (χ1n) is 13.1. The second kappa shape index (κ2) is 10.8. The van der Waals surface area contributed by atoms with E-state index in [9.17, 15) is 14.4 Å². The van der Waals surface area contributed by atoms with Gasteiger partial charge in [0, 0.05) is 54.4 Å². The minimum atomic E-state index is -0.235. The van der Waals surface area contributed by atoms with E-state index in [2.05, 4.69) is 15.5 Å². The molecule has 3 amide bonds. The molecule has 9 heteroatoms. The minimum Gasteiger partial charge on any atom is -0.339 e. The van der Waals surface area contributed by atoms with E-state index in [0.29, 0.717) is 42.3 Å². The molecule has 0 unspecified atom stereocenters. The van der Waals surface area contributed by atoms with Crippen LogP contribution in [0.5, 0.6) is 0 Å². The molecule has 200 valence electrons. The Bertz CT molecular complexity index is 1750. The standard InChI is InChI=1S/C31H27N5O3S/c1-20(37)35-14-16-36(17-15-35)31(39)23-11-10-21(12-13-26-24-7-3-4-8-25(24)33-34-26)27(18-23)32-30(38)29-19-22-6-2-5-9-28(22)40-29/h2-13,18-19H,14-17H2,1H3,(H,32,38)(H,33,34)/b13-12+. The van der Waals surface area contributed by atoms with Crippen molar-refractivity contribution in [2.75, 3.05) is 31.5 Å². The van der Waals surface area contributed by atoms with Crippen LogP contribution < -0.4 is 5.32 Å². The zero-order valence-corrected chi connectivity index (χ0v) is 22.7. The lowest BCUT2D eigenvalue weighted by Crippen LogP contribution is -2.50. The van der Waals surface area contributed by atoms with Crippen molar-refractivity contribution < 1.29 is 14.4 Å². The average Bonchev–Trinajstić information content (AvgIpc) is 3.61. The molecule has 1 saturated heterocycles. The summed E-state index contributed by atoms with van der Waals surface area (Å²) in [6.45, 7) is 3.50. The molecular weight excluding hydrogens is 522 g/mol. The van der Waals surface area contributed by atoms with Gasteiger partial charge in [0.25, 0.3) is 11.8 Å².